The second kappa shape index (κ2) is 12.7. The molecular formula is C32H33N13O. The topological polar surface area (TPSA) is 180 Å². The van der Waals surface area contributed by atoms with Gasteiger partial charge in [0.25, 0.3) is 0 Å². The Balaban J connectivity index is 1.12. The fraction of sp³-hybridized carbons (Fsp3) is 0.312. The number of pyridine rings is 2. The summed E-state index contributed by atoms with van der Waals surface area (Å²) >= 11 is 0. The van der Waals surface area contributed by atoms with Crippen molar-refractivity contribution in [3.8, 4) is 23.1 Å². The Labute approximate surface area is 265 Å². The summed E-state index contributed by atoms with van der Waals surface area (Å²) in [7, 11) is 0. The summed E-state index contributed by atoms with van der Waals surface area (Å²) in [6, 6.07) is 18.4. The average molecular weight is 616 g/mol. The van der Waals surface area contributed by atoms with E-state index in [-0.39, 0.29) is 17.8 Å². The highest BCUT2D eigenvalue weighted by Gasteiger charge is 2.22. The number of amides is 1. The Morgan fingerprint density at radius 2 is 1.83 bits per heavy atom. The van der Waals surface area contributed by atoms with Crippen LogP contribution in [-0.4, -0.2) is 84.0 Å². The third-order valence-corrected chi connectivity index (χ3v) is 8.40. The molecule has 0 atom stereocenters. The van der Waals surface area contributed by atoms with Crippen LogP contribution < -0.4 is 21.3 Å². The number of fused-ring (bicyclic) bond motifs is 1. The molecule has 0 spiro atoms. The molecule has 0 bridgehead atoms. The van der Waals surface area contributed by atoms with Gasteiger partial charge in [-0.15, -0.1) is 0 Å². The van der Waals surface area contributed by atoms with Crippen LogP contribution in [0.4, 0.5) is 17.6 Å². The standard InChI is InChI=1S/C32H33N13O/c33-18-26-37-20-38-32(41-26)39-22-9-14-43(15-10-22)19-21-3-5-23(6-4-21)45-30(24-2-1-12-36-29(24)34)40-25-7-8-27(42-31(25)45)44-16-11-28(46)35-13-17-44/h1-8,12,20,22H,9-11,13-17,19H2,(H2,34,36)(H,35,46)(H,37,38,39,41). The largest absolute Gasteiger partial charge is 0.383 e. The highest BCUT2D eigenvalue weighted by atomic mass is 16.1. The zero-order valence-corrected chi connectivity index (χ0v) is 25.2. The van der Waals surface area contributed by atoms with Gasteiger partial charge in [-0.05, 0) is 54.8 Å². The van der Waals surface area contributed by atoms with Gasteiger partial charge in [0.15, 0.2) is 11.5 Å². The summed E-state index contributed by atoms with van der Waals surface area (Å²) in [5.74, 6) is 2.47. The minimum absolute atomic E-state index is 0.0544. The van der Waals surface area contributed by atoms with Gasteiger partial charge in [-0.1, -0.05) is 12.1 Å². The van der Waals surface area contributed by atoms with Gasteiger partial charge in [-0.25, -0.2) is 24.9 Å². The Bertz CT molecular complexity index is 1910. The van der Waals surface area contributed by atoms with E-state index in [1.807, 2.05) is 34.9 Å². The number of carbonyl (C=O) groups excluding carboxylic acids is 1. The molecule has 0 saturated carbocycles. The van der Waals surface area contributed by atoms with Crippen LogP contribution in [0.25, 0.3) is 28.2 Å². The van der Waals surface area contributed by atoms with E-state index in [2.05, 4.69) is 64.6 Å². The summed E-state index contributed by atoms with van der Waals surface area (Å²) in [6.45, 7) is 4.54. The highest BCUT2D eigenvalue weighted by Crippen LogP contribution is 2.32. The van der Waals surface area contributed by atoms with Gasteiger partial charge in [-0.3, -0.25) is 14.3 Å². The first-order valence-corrected chi connectivity index (χ1v) is 15.3. The maximum atomic E-state index is 11.9. The number of nitrogens with zero attached hydrogens (tertiary/aromatic N) is 10. The summed E-state index contributed by atoms with van der Waals surface area (Å²) in [6.07, 6.45) is 5.34. The SMILES string of the molecule is N#Cc1ncnc(NC2CCN(Cc3ccc(-n4c(-c5cccnc5N)nc5ccc(N6CCNC(=O)CC6)nc54)cc3)CC2)n1. The third kappa shape index (κ3) is 6.13. The number of benzene rings is 1. The zero-order valence-electron chi connectivity index (χ0n) is 25.2. The maximum Gasteiger partial charge on any atom is 0.236 e. The number of nitrogen functional groups attached to an aromatic ring is 1. The lowest BCUT2D eigenvalue weighted by Crippen LogP contribution is -2.39. The number of anilines is 3. The molecule has 2 fully saturated rings. The molecule has 2 aliphatic heterocycles. The van der Waals surface area contributed by atoms with E-state index in [9.17, 15) is 4.79 Å². The molecule has 1 aromatic carbocycles. The van der Waals surface area contributed by atoms with Gasteiger partial charge in [0.2, 0.25) is 17.7 Å². The minimum atomic E-state index is 0.0544. The first-order chi connectivity index (χ1) is 22.5. The number of nitriles is 1. The lowest BCUT2D eigenvalue weighted by atomic mass is 10.0. The number of nitrogens with one attached hydrogen (secondary N) is 2. The van der Waals surface area contributed by atoms with Gasteiger partial charge in [-0.2, -0.15) is 10.2 Å². The second-order valence-electron chi connectivity index (χ2n) is 11.4. The van der Waals surface area contributed by atoms with Crippen molar-refractivity contribution in [3.63, 3.8) is 0 Å². The summed E-state index contributed by atoms with van der Waals surface area (Å²) in [4.78, 5) is 43.0. The number of piperidine rings is 1. The molecule has 2 aliphatic rings. The number of imidazole rings is 1. The summed E-state index contributed by atoms with van der Waals surface area (Å²) < 4.78 is 2.03. The maximum absolute atomic E-state index is 11.9. The van der Waals surface area contributed by atoms with E-state index in [0.29, 0.717) is 49.3 Å². The first kappa shape index (κ1) is 29.1. The van der Waals surface area contributed by atoms with Crippen LogP contribution in [0.2, 0.25) is 0 Å². The predicted molar refractivity (Wildman–Crippen MR) is 173 cm³/mol. The van der Waals surface area contributed by atoms with Crippen molar-refractivity contribution in [2.45, 2.75) is 31.8 Å². The van der Waals surface area contributed by atoms with E-state index >= 15 is 0 Å². The number of aromatic nitrogens is 7. The lowest BCUT2D eigenvalue weighted by Gasteiger charge is -2.32. The van der Waals surface area contributed by atoms with Crippen LogP contribution in [0.5, 0.6) is 0 Å². The van der Waals surface area contributed by atoms with E-state index in [0.717, 1.165) is 55.1 Å². The number of rotatable bonds is 7. The van der Waals surface area contributed by atoms with Crippen LogP contribution in [0.15, 0.2) is 61.1 Å². The smallest absolute Gasteiger partial charge is 0.236 e. The molecule has 0 unspecified atom stereocenters. The van der Waals surface area contributed by atoms with Crippen LogP contribution in [-0.2, 0) is 11.3 Å². The predicted octanol–water partition coefficient (Wildman–Crippen LogP) is 2.52. The zero-order chi connectivity index (χ0) is 31.5. The average Bonchev–Trinajstić information content (AvgIpc) is 3.32. The summed E-state index contributed by atoms with van der Waals surface area (Å²) in [5, 5.41) is 15.3. The molecule has 0 aliphatic carbocycles. The molecule has 5 aromatic rings. The molecule has 14 nitrogen and oxygen atoms in total. The molecule has 46 heavy (non-hydrogen) atoms. The quantitative estimate of drug-likeness (QED) is 0.244. The molecule has 0 radical (unpaired) electrons. The molecule has 4 aromatic heterocycles. The lowest BCUT2D eigenvalue weighted by molar-refractivity contribution is -0.120. The van der Waals surface area contributed by atoms with Gasteiger partial charge in [0.1, 0.15) is 29.5 Å². The Morgan fingerprint density at radius 1 is 0.978 bits per heavy atom. The monoisotopic (exact) mass is 615 g/mol. The normalized spacial score (nSPS) is 16.2. The van der Waals surface area contributed by atoms with Crippen LogP contribution in [0.3, 0.4) is 0 Å². The first-order valence-electron chi connectivity index (χ1n) is 15.3. The van der Waals surface area contributed by atoms with Gasteiger partial charge in [0.05, 0.1) is 5.56 Å². The van der Waals surface area contributed by atoms with Crippen molar-refractivity contribution in [2.24, 2.45) is 0 Å². The Hall–Kier alpha value is -5.68. The number of carbonyl (C=O) groups is 1. The molecule has 7 rings (SSSR count). The number of hydrogen-bond acceptors (Lipinski definition) is 12. The van der Waals surface area contributed by atoms with Crippen molar-refractivity contribution in [1.82, 2.24) is 44.7 Å². The molecule has 14 heteroatoms. The Kier molecular flexibility index (Phi) is 8.05. The second-order valence-corrected chi connectivity index (χ2v) is 11.4. The fourth-order valence-electron chi connectivity index (χ4n) is 6.00. The van der Waals surface area contributed by atoms with Gasteiger partial charge < -0.3 is 21.3 Å². The van der Waals surface area contributed by atoms with Crippen molar-refractivity contribution < 1.29 is 4.79 Å². The fourth-order valence-corrected chi connectivity index (χ4v) is 6.00. The number of likely N-dealkylation sites (tertiary alicyclic amines) is 1. The molecule has 4 N–H and O–H groups in total. The molecule has 2 saturated heterocycles. The number of hydrogen-bond donors (Lipinski definition) is 3. The molecule has 1 amide bonds. The van der Waals surface area contributed by atoms with Gasteiger partial charge >= 0.3 is 0 Å². The molecular weight excluding hydrogens is 582 g/mol. The summed E-state index contributed by atoms with van der Waals surface area (Å²) in [5.41, 5.74) is 10.6. The Morgan fingerprint density at radius 3 is 2.63 bits per heavy atom. The van der Waals surface area contributed by atoms with E-state index in [1.54, 1.807) is 6.20 Å². The van der Waals surface area contributed by atoms with Gasteiger partial charge in [0, 0.05) is 63.6 Å². The molecule has 6 heterocycles. The minimum Gasteiger partial charge on any atom is -0.383 e. The van der Waals surface area contributed by atoms with Crippen LogP contribution in [0, 0.1) is 11.3 Å². The van der Waals surface area contributed by atoms with Crippen LogP contribution in [0.1, 0.15) is 30.7 Å². The van der Waals surface area contributed by atoms with Crippen molar-refractivity contribution in [2.75, 3.05) is 48.7 Å². The van der Waals surface area contributed by atoms with E-state index in [1.165, 1.54) is 11.9 Å². The van der Waals surface area contributed by atoms with E-state index in [4.69, 9.17) is 21.0 Å². The number of nitrogens with two attached hydrogens (primary N) is 1. The van der Waals surface area contributed by atoms with Crippen molar-refractivity contribution in [1.29, 1.82) is 5.26 Å². The third-order valence-electron chi connectivity index (χ3n) is 8.40. The van der Waals surface area contributed by atoms with E-state index < -0.39 is 0 Å². The van der Waals surface area contributed by atoms with Crippen molar-refractivity contribution in [3.05, 3.63) is 72.4 Å². The highest BCUT2D eigenvalue weighted by molar-refractivity contribution is 5.84. The molecule has 232 valence electrons. The van der Waals surface area contributed by atoms with Crippen molar-refractivity contribution >= 4 is 34.7 Å². The van der Waals surface area contributed by atoms with Crippen LogP contribution >= 0.6 is 0 Å².